The normalized spacial score (nSPS) is 15.3. The van der Waals surface area contributed by atoms with Crippen molar-refractivity contribution < 1.29 is 4.79 Å². The minimum Gasteiger partial charge on any atom is -0.337 e. The van der Waals surface area contributed by atoms with E-state index < -0.39 is 0 Å². The quantitative estimate of drug-likeness (QED) is 0.810. The van der Waals surface area contributed by atoms with E-state index in [0.717, 1.165) is 17.3 Å². The van der Waals surface area contributed by atoms with Gasteiger partial charge in [0.05, 0.1) is 0 Å². The molecule has 1 heterocycles. The summed E-state index contributed by atoms with van der Waals surface area (Å²) in [4.78, 5) is 17.6. The van der Waals surface area contributed by atoms with Gasteiger partial charge in [-0.2, -0.15) is 0 Å². The fraction of sp³-hybridized carbons (Fsp3) is 0.400. The van der Waals surface area contributed by atoms with Gasteiger partial charge in [0.1, 0.15) is 5.69 Å². The molecular weight excluding hydrogens is 244 g/mol. The number of aromatic nitrogens is 1. The third kappa shape index (κ3) is 1.95. The van der Waals surface area contributed by atoms with Crippen LogP contribution in [0.3, 0.4) is 0 Å². The van der Waals surface area contributed by atoms with Crippen LogP contribution in [-0.2, 0) is 0 Å². The summed E-state index contributed by atoms with van der Waals surface area (Å²) in [5, 5.41) is 0. The fourth-order valence-corrected chi connectivity index (χ4v) is 1.55. The van der Waals surface area contributed by atoms with Crippen LogP contribution in [0.15, 0.2) is 22.8 Å². The molecule has 1 saturated carbocycles. The molecule has 0 saturated heterocycles. The zero-order valence-electron chi connectivity index (χ0n) is 7.90. The first-order valence-electron chi connectivity index (χ1n) is 4.57. The van der Waals surface area contributed by atoms with Crippen LogP contribution in [0, 0.1) is 0 Å². The van der Waals surface area contributed by atoms with Crippen molar-refractivity contribution in [1.29, 1.82) is 0 Å². The SMILES string of the molecule is CN(C(=O)c1ccc(Br)cn1)C1CC1. The summed E-state index contributed by atoms with van der Waals surface area (Å²) in [6.45, 7) is 0. The number of amides is 1. The Morgan fingerprint density at radius 2 is 2.29 bits per heavy atom. The third-order valence-electron chi connectivity index (χ3n) is 2.36. The zero-order chi connectivity index (χ0) is 10.1. The number of rotatable bonds is 2. The minimum absolute atomic E-state index is 0.0139. The minimum atomic E-state index is 0.0139. The van der Waals surface area contributed by atoms with Gasteiger partial charge in [-0.25, -0.2) is 4.98 Å². The average molecular weight is 255 g/mol. The molecule has 1 fully saturated rings. The van der Waals surface area contributed by atoms with Crippen LogP contribution in [0.5, 0.6) is 0 Å². The second-order valence-electron chi connectivity index (χ2n) is 3.51. The summed E-state index contributed by atoms with van der Waals surface area (Å²) >= 11 is 3.29. The summed E-state index contributed by atoms with van der Waals surface area (Å²) in [5.74, 6) is 0.0139. The molecule has 0 N–H and O–H groups in total. The molecule has 1 aliphatic rings. The highest BCUT2D eigenvalue weighted by molar-refractivity contribution is 9.10. The molecule has 0 unspecified atom stereocenters. The van der Waals surface area contributed by atoms with Crippen molar-refractivity contribution in [3.8, 4) is 0 Å². The molecule has 0 atom stereocenters. The maximum absolute atomic E-state index is 11.8. The molecule has 3 nitrogen and oxygen atoms in total. The number of carbonyl (C=O) groups is 1. The molecule has 0 aliphatic heterocycles. The van der Waals surface area contributed by atoms with Crippen LogP contribution in [0.4, 0.5) is 0 Å². The number of hydrogen-bond donors (Lipinski definition) is 0. The standard InChI is InChI=1S/C10H11BrN2O/c1-13(8-3-4-8)10(14)9-5-2-7(11)6-12-9/h2,5-6,8H,3-4H2,1H3. The second-order valence-corrected chi connectivity index (χ2v) is 4.42. The summed E-state index contributed by atoms with van der Waals surface area (Å²) in [6, 6.07) is 4.01. The van der Waals surface area contributed by atoms with Crippen molar-refractivity contribution in [3.63, 3.8) is 0 Å². The van der Waals surface area contributed by atoms with E-state index in [-0.39, 0.29) is 5.91 Å². The maximum Gasteiger partial charge on any atom is 0.272 e. The Morgan fingerprint density at radius 3 is 2.79 bits per heavy atom. The van der Waals surface area contributed by atoms with Gasteiger partial charge < -0.3 is 4.90 Å². The predicted octanol–water partition coefficient (Wildman–Crippen LogP) is 2.08. The number of carbonyl (C=O) groups excluding carboxylic acids is 1. The third-order valence-corrected chi connectivity index (χ3v) is 2.83. The monoisotopic (exact) mass is 254 g/mol. The Morgan fingerprint density at radius 1 is 1.57 bits per heavy atom. The Bertz CT molecular complexity index is 346. The number of hydrogen-bond acceptors (Lipinski definition) is 2. The topological polar surface area (TPSA) is 33.2 Å². The van der Waals surface area contributed by atoms with Crippen molar-refractivity contribution in [3.05, 3.63) is 28.5 Å². The molecule has 14 heavy (non-hydrogen) atoms. The van der Waals surface area contributed by atoms with Crippen LogP contribution in [0.25, 0.3) is 0 Å². The van der Waals surface area contributed by atoms with E-state index in [9.17, 15) is 4.79 Å². The first kappa shape index (κ1) is 9.65. The molecule has 74 valence electrons. The van der Waals surface area contributed by atoms with E-state index in [2.05, 4.69) is 20.9 Å². The average Bonchev–Trinajstić information content (AvgIpc) is 3.00. The van der Waals surface area contributed by atoms with Gasteiger partial charge in [0.25, 0.3) is 5.91 Å². The van der Waals surface area contributed by atoms with Gasteiger partial charge in [-0.05, 0) is 40.9 Å². The molecule has 1 aromatic rings. The van der Waals surface area contributed by atoms with Gasteiger partial charge in [0.15, 0.2) is 0 Å². The van der Waals surface area contributed by atoms with Crippen LogP contribution >= 0.6 is 15.9 Å². The molecule has 0 spiro atoms. The molecule has 0 bridgehead atoms. The number of halogens is 1. The van der Waals surface area contributed by atoms with Crippen molar-refractivity contribution >= 4 is 21.8 Å². The van der Waals surface area contributed by atoms with Gasteiger partial charge in [-0.15, -0.1) is 0 Å². The lowest BCUT2D eigenvalue weighted by Gasteiger charge is -2.15. The molecule has 0 aromatic carbocycles. The molecule has 1 aromatic heterocycles. The van der Waals surface area contributed by atoms with Crippen molar-refractivity contribution in [2.24, 2.45) is 0 Å². The molecule has 2 rings (SSSR count). The maximum atomic E-state index is 11.8. The Hall–Kier alpha value is -0.900. The lowest BCUT2D eigenvalue weighted by molar-refractivity contribution is 0.0779. The fourth-order valence-electron chi connectivity index (χ4n) is 1.31. The highest BCUT2D eigenvalue weighted by Crippen LogP contribution is 2.26. The Balaban J connectivity index is 2.13. The smallest absolute Gasteiger partial charge is 0.272 e. The van der Waals surface area contributed by atoms with Gasteiger partial charge in [0, 0.05) is 23.8 Å². The van der Waals surface area contributed by atoms with E-state index in [1.54, 1.807) is 17.2 Å². The molecule has 1 amide bonds. The summed E-state index contributed by atoms with van der Waals surface area (Å²) < 4.78 is 0.892. The molecule has 1 aliphatic carbocycles. The Kier molecular flexibility index (Phi) is 2.54. The van der Waals surface area contributed by atoms with E-state index in [4.69, 9.17) is 0 Å². The lowest BCUT2D eigenvalue weighted by Crippen LogP contribution is -2.29. The second kappa shape index (κ2) is 3.69. The van der Waals surface area contributed by atoms with E-state index >= 15 is 0 Å². The highest BCUT2D eigenvalue weighted by Gasteiger charge is 2.30. The van der Waals surface area contributed by atoms with Gasteiger partial charge in [0.2, 0.25) is 0 Å². The number of pyridine rings is 1. The van der Waals surface area contributed by atoms with E-state index in [1.165, 1.54) is 0 Å². The van der Waals surface area contributed by atoms with E-state index in [1.807, 2.05) is 13.1 Å². The first-order chi connectivity index (χ1) is 6.68. The molecular formula is C10H11BrN2O. The van der Waals surface area contributed by atoms with Crippen LogP contribution in [0.2, 0.25) is 0 Å². The van der Waals surface area contributed by atoms with E-state index in [0.29, 0.717) is 11.7 Å². The Labute approximate surface area is 91.3 Å². The van der Waals surface area contributed by atoms with Crippen molar-refractivity contribution in [2.45, 2.75) is 18.9 Å². The summed E-state index contributed by atoms with van der Waals surface area (Å²) in [6.07, 6.45) is 3.89. The zero-order valence-corrected chi connectivity index (χ0v) is 9.49. The lowest BCUT2D eigenvalue weighted by atomic mass is 10.3. The predicted molar refractivity (Wildman–Crippen MR) is 57.1 cm³/mol. The van der Waals surface area contributed by atoms with Gasteiger partial charge in [-0.3, -0.25) is 4.79 Å². The van der Waals surface area contributed by atoms with Crippen LogP contribution in [0.1, 0.15) is 23.3 Å². The molecule has 0 radical (unpaired) electrons. The largest absolute Gasteiger partial charge is 0.337 e. The summed E-state index contributed by atoms with van der Waals surface area (Å²) in [5.41, 5.74) is 0.516. The summed E-state index contributed by atoms with van der Waals surface area (Å²) in [7, 11) is 1.84. The number of nitrogens with zero attached hydrogens (tertiary/aromatic N) is 2. The van der Waals surface area contributed by atoms with Gasteiger partial charge >= 0.3 is 0 Å². The van der Waals surface area contributed by atoms with Crippen molar-refractivity contribution in [1.82, 2.24) is 9.88 Å². The molecule has 4 heteroatoms. The van der Waals surface area contributed by atoms with Crippen molar-refractivity contribution in [2.75, 3.05) is 7.05 Å². The van der Waals surface area contributed by atoms with Crippen LogP contribution in [-0.4, -0.2) is 28.9 Å². The van der Waals surface area contributed by atoms with Crippen LogP contribution < -0.4 is 0 Å². The highest BCUT2D eigenvalue weighted by atomic mass is 79.9. The first-order valence-corrected chi connectivity index (χ1v) is 5.36. The van der Waals surface area contributed by atoms with Gasteiger partial charge in [-0.1, -0.05) is 0 Å².